The van der Waals surface area contributed by atoms with Crippen molar-refractivity contribution in [2.75, 3.05) is 44.8 Å². The van der Waals surface area contributed by atoms with Gasteiger partial charge in [0.05, 0.1) is 30.3 Å². The summed E-state index contributed by atoms with van der Waals surface area (Å²) in [5.74, 6) is -0.375. The molecule has 1 N–H and O–H groups in total. The number of rotatable bonds is 9. The molecule has 1 aliphatic heterocycles. The van der Waals surface area contributed by atoms with E-state index in [-0.39, 0.29) is 11.1 Å². The number of hydrogen-bond acceptors (Lipinski definition) is 7. The number of nitrogens with zero attached hydrogens (tertiary/aromatic N) is 4. The number of nitroso groups, excluding NO2 is 1. The van der Waals surface area contributed by atoms with E-state index in [1.807, 2.05) is 51.1 Å². The highest BCUT2D eigenvalue weighted by molar-refractivity contribution is 6.05. The van der Waals surface area contributed by atoms with Crippen LogP contribution in [0.15, 0.2) is 71.9 Å². The number of amides is 1. The molecule has 5 rings (SSSR count). The highest BCUT2D eigenvalue weighted by Crippen LogP contribution is 2.34. The fraction of sp³-hybridized carbons (Fsp3) is 0.355. The zero-order valence-electron chi connectivity index (χ0n) is 23.5. The van der Waals surface area contributed by atoms with E-state index in [2.05, 4.69) is 20.5 Å². The van der Waals surface area contributed by atoms with Crippen LogP contribution in [0.4, 0.5) is 10.1 Å². The number of morpholine rings is 1. The molecule has 1 aliphatic rings. The van der Waals surface area contributed by atoms with Crippen LogP contribution in [-0.4, -0.2) is 60.0 Å². The van der Waals surface area contributed by atoms with E-state index < -0.39 is 17.8 Å². The largest absolute Gasteiger partial charge is 0.492 e. The molecule has 9 nitrogen and oxygen atoms in total. The molecule has 1 unspecified atom stereocenters. The van der Waals surface area contributed by atoms with Gasteiger partial charge < -0.3 is 14.8 Å². The van der Waals surface area contributed by atoms with Gasteiger partial charge in [-0.1, -0.05) is 51.1 Å². The van der Waals surface area contributed by atoms with Crippen molar-refractivity contribution in [3.8, 4) is 11.4 Å². The smallest absolute Gasteiger partial charge is 0.259 e. The van der Waals surface area contributed by atoms with Gasteiger partial charge in [-0.2, -0.15) is 5.10 Å². The molecule has 4 aromatic rings. The molecule has 1 amide bonds. The summed E-state index contributed by atoms with van der Waals surface area (Å²) in [6.45, 7) is 10.4. The summed E-state index contributed by atoms with van der Waals surface area (Å²) in [5.41, 5.74) is 1.42. The predicted octanol–water partition coefficient (Wildman–Crippen LogP) is 5.62. The highest BCUT2D eigenvalue weighted by atomic mass is 19.1. The summed E-state index contributed by atoms with van der Waals surface area (Å²) in [7, 11) is 0. The molecule has 3 aromatic carbocycles. The summed E-state index contributed by atoms with van der Waals surface area (Å²) in [6.07, 6.45) is 0. The van der Waals surface area contributed by atoms with E-state index >= 15 is 0 Å². The molecule has 10 heteroatoms. The first-order valence-electron chi connectivity index (χ1n) is 13.7. The molecule has 214 valence electrons. The van der Waals surface area contributed by atoms with Gasteiger partial charge in [-0.05, 0) is 41.6 Å². The molecule has 41 heavy (non-hydrogen) atoms. The van der Waals surface area contributed by atoms with Gasteiger partial charge in [-0.15, -0.1) is 4.91 Å². The van der Waals surface area contributed by atoms with Gasteiger partial charge in [0.2, 0.25) is 6.04 Å². The van der Waals surface area contributed by atoms with Crippen LogP contribution in [0.1, 0.15) is 38.2 Å². The van der Waals surface area contributed by atoms with Crippen LogP contribution in [0, 0.1) is 10.7 Å². The van der Waals surface area contributed by atoms with E-state index in [0.29, 0.717) is 29.4 Å². The number of carbonyl (C=O) groups is 1. The van der Waals surface area contributed by atoms with Crippen LogP contribution in [0.25, 0.3) is 16.5 Å². The normalized spacial score (nSPS) is 15.0. The van der Waals surface area contributed by atoms with Crippen molar-refractivity contribution in [1.29, 1.82) is 0 Å². The van der Waals surface area contributed by atoms with Crippen molar-refractivity contribution < 1.29 is 18.7 Å². The third-order valence-electron chi connectivity index (χ3n) is 7.10. The summed E-state index contributed by atoms with van der Waals surface area (Å²) < 4.78 is 27.0. The van der Waals surface area contributed by atoms with Gasteiger partial charge in [0.25, 0.3) is 5.91 Å². The molecular weight excluding hydrogens is 525 g/mol. The van der Waals surface area contributed by atoms with Crippen molar-refractivity contribution in [2.24, 2.45) is 5.18 Å². The van der Waals surface area contributed by atoms with Crippen LogP contribution < -0.4 is 10.1 Å². The van der Waals surface area contributed by atoms with E-state index in [1.54, 1.807) is 24.3 Å². The quantitative estimate of drug-likeness (QED) is 0.267. The lowest BCUT2D eigenvalue weighted by atomic mass is 9.92. The number of fused-ring (bicyclic) bond motifs is 1. The first-order chi connectivity index (χ1) is 19.7. The average Bonchev–Trinajstić information content (AvgIpc) is 3.41. The number of benzene rings is 3. The summed E-state index contributed by atoms with van der Waals surface area (Å²) in [4.78, 5) is 28.0. The van der Waals surface area contributed by atoms with Crippen molar-refractivity contribution in [3.63, 3.8) is 0 Å². The molecule has 1 fully saturated rings. The standard InChI is InChI=1S/C31H34FN5O4/c1-31(2,3)28-20-26(37(34-28)22-8-6-7-21(32)19-22)29(35-39)30(38)33-25-11-12-27(24-10-5-4-9-23(24)25)41-18-15-36-13-16-40-17-14-36/h4-12,19-20,29H,13-18H2,1-3H3,(H,33,38). The van der Waals surface area contributed by atoms with Crippen LogP contribution in [-0.2, 0) is 14.9 Å². The van der Waals surface area contributed by atoms with Gasteiger partial charge in [0.15, 0.2) is 0 Å². The third-order valence-corrected chi connectivity index (χ3v) is 7.10. The van der Waals surface area contributed by atoms with Gasteiger partial charge in [-0.25, -0.2) is 9.07 Å². The Balaban J connectivity index is 1.41. The fourth-order valence-corrected chi connectivity index (χ4v) is 4.82. The Kier molecular flexibility index (Phi) is 8.41. The van der Waals surface area contributed by atoms with Crippen molar-refractivity contribution in [1.82, 2.24) is 14.7 Å². The SMILES string of the molecule is CC(C)(C)c1cc(C(N=O)C(=O)Nc2ccc(OCCN3CCOCC3)c3ccccc23)n(-c2cccc(F)c2)n1. The predicted molar refractivity (Wildman–Crippen MR) is 156 cm³/mol. The third kappa shape index (κ3) is 6.44. The lowest BCUT2D eigenvalue weighted by Gasteiger charge is -2.26. The second-order valence-electron chi connectivity index (χ2n) is 11.1. The second kappa shape index (κ2) is 12.2. The lowest BCUT2D eigenvalue weighted by Crippen LogP contribution is -2.38. The Morgan fingerprint density at radius 2 is 1.83 bits per heavy atom. The summed E-state index contributed by atoms with van der Waals surface area (Å²) in [5, 5.41) is 12.3. The van der Waals surface area contributed by atoms with Crippen LogP contribution in [0.3, 0.4) is 0 Å². The lowest BCUT2D eigenvalue weighted by molar-refractivity contribution is -0.117. The Hall–Kier alpha value is -4.15. The van der Waals surface area contributed by atoms with Crippen molar-refractivity contribution >= 4 is 22.4 Å². The first kappa shape index (κ1) is 28.4. The number of anilines is 1. The van der Waals surface area contributed by atoms with E-state index in [4.69, 9.17) is 9.47 Å². The molecule has 0 radical (unpaired) electrons. The maximum absolute atomic E-state index is 14.1. The van der Waals surface area contributed by atoms with Crippen LogP contribution in [0.5, 0.6) is 5.75 Å². The molecule has 1 saturated heterocycles. The minimum Gasteiger partial charge on any atom is -0.492 e. The molecule has 2 heterocycles. The number of ether oxygens (including phenoxy) is 2. The Morgan fingerprint density at radius 1 is 1.07 bits per heavy atom. The molecule has 0 saturated carbocycles. The molecule has 1 atom stereocenters. The second-order valence-corrected chi connectivity index (χ2v) is 11.1. The summed E-state index contributed by atoms with van der Waals surface area (Å²) >= 11 is 0. The maximum atomic E-state index is 14.1. The average molecular weight is 560 g/mol. The minimum atomic E-state index is -1.43. The maximum Gasteiger partial charge on any atom is 0.259 e. The topological polar surface area (TPSA) is 98.0 Å². The van der Waals surface area contributed by atoms with Gasteiger partial charge in [0.1, 0.15) is 18.2 Å². The molecular formula is C31H34FN5O4. The number of hydrogen-bond donors (Lipinski definition) is 1. The Morgan fingerprint density at radius 3 is 2.54 bits per heavy atom. The number of halogens is 1. The monoisotopic (exact) mass is 559 g/mol. The van der Waals surface area contributed by atoms with E-state index in [1.165, 1.54) is 16.8 Å². The van der Waals surface area contributed by atoms with Gasteiger partial charge in [-0.3, -0.25) is 9.69 Å². The number of nitrogens with one attached hydrogen (secondary N) is 1. The summed E-state index contributed by atoms with van der Waals surface area (Å²) in [6, 6.07) is 17.3. The molecule has 0 bridgehead atoms. The Labute approximate surface area is 238 Å². The minimum absolute atomic E-state index is 0.250. The molecule has 0 spiro atoms. The van der Waals surface area contributed by atoms with Crippen LogP contribution >= 0.6 is 0 Å². The van der Waals surface area contributed by atoms with E-state index in [0.717, 1.165) is 43.6 Å². The number of carbonyl (C=O) groups excluding carboxylic acids is 1. The zero-order chi connectivity index (χ0) is 29.0. The zero-order valence-corrected chi connectivity index (χ0v) is 23.5. The first-order valence-corrected chi connectivity index (χ1v) is 13.7. The van der Waals surface area contributed by atoms with Crippen molar-refractivity contribution in [3.05, 3.63) is 88.8 Å². The van der Waals surface area contributed by atoms with Gasteiger partial charge in [0, 0.05) is 41.5 Å². The molecule has 0 aliphatic carbocycles. The Bertz CT molecular complexity index is 1540. The van der Waals surface area contributed by atoms with Gasteiger partial charge >= 0.3 is 0 Å². The van der Waals surface area contributed by atoms with Crippen LogP contribution in [0.2, 0.25) is 0 Å². The van der Waals surface area contributed by atoms with Crippen molar-refractivity contribution in [2.45, 2.75) is 32.2 Å². The number of aromatic nitrogens is 2. The fourth-order valence-electron chi connectivity index (χ4n) is 4.82. The van der Waals surface area contributed by atoms with E-state index in [9.17, 15) is 14.1 Å². The highest BCUT2D eigenvalue weighted by Gasteiger charge is 2.30. The molecule has 1 aromatic heterocycles.